The van der Waals surface area contributed by atoms with Crippen molar-refractivity contribution in [2.45, 2.75) is 70.5 Å². The Balaban J connectivity index is 1.26. The topological polar surface area (TPSA) is 37.4 Å². The van der Waals surface area contributed by atoms with E-state index in [1.54, 1.807) is 0 Å². The van der Waals surface area contributed by atoms with Crippen molar-refractivity contribution in [2.24, 2.45) is 11.8 Å². The highest BCUT2D eigenvalue weighted by Crippen LogP contribution is 2.36. The Hall–Kier alpha value is -1.81. The minimum atomic E-state index is -3.00. The van der Waals surface area contributed by atoms with Gasteiger partial charge in [0.05, 0.1) is 10.5 Å². The predicted octanol–water partition coefficient (Wildman–Crippen LogP) is 6.33. The van der Waals surface area contributed by atoms with Crippen LogP contribution < -0.4 is 4.90 Å². The molecule has 0 radical (unpaired) electrons. The number of fused-ring (bicyclic) bond motifs is 1. The second-order valence-corrected chi connectivity index (χ2v) is 13.3. The van der Waals surface area contributed by atoms with Crippen molar-refractivity contribution in [2.75, 3.05) is 17.2 Å². The van der Waals surface area contributed by atoms with Gasteiger partial charge < -0.3 is 4.90 Å². The first-order chi connectivity index (χ1) is 14.7. The molecule has 3 nitrogen and oxygen atoms in total. The van der Waals surface area contributed by atoms with Crippen LogP contribution in [0.3, 0.4) is 0 Å². The lowest BCUT2D eigenvalue weighted by Crippen LogP contribution is -2.34. The molecule has 31 heavy (non-hydrogen) atoms. The first-order valence-corrected chi connectivity index (χ1v) is 13.5. The van der Waals surface area contributed by atoms with Crippen LogP contribution >= 0.6 is 0 Å². The molecular formula is C27H37NO2S. The fraction of sp³-hybridized carbons (Fsp3) is 0.556. The molecule has 4 rings (SSSR count). The third kappa shape index (κ3) is 5.16. The third-order valence-electron chi connectivity index (χ3n) is 7.33. The molecule has 0 atom stereocenters. The van der Waals surface area contributed by atoms with E-state index in [4.69, 9.17) is 0 Å². The maximum atomic E-state index is 12.5. The van der Waals surface area contributed by atoms with Gasteiger partial charge in [-0.1, -0.05) is 43.2 Å². The van der Waals surface area contributed by atoms with Crippen LogP contribution in [0.5, 0.6) is 0 Å². The Kier molecular flexibility index (Phi) is 6.48. The van der Waals surface area contributed by atoms with Gasteiger partial charge in [0.2, 0.25) is 0 Å². The smallest absolute Gasteiger partial charge is 0.155 e. The zero-order valence-electron chi connectivity index (χ0n) is 19.3. The molecule has 168 valence electrons. The van der Waals surface area contributed by atoms with Crippen LogP contribution in [0.15, 0.2) is 48.5 Å². The van der Waals surface area contributed by atoms with Gasteiger partial charge in [0, 0.05) is 17.9 Å². The average Bonchev–Trinajstić information content (AvgIpc) is 3.17. The lowest BCUT2D eigenvalue weighted by molar-refractivity contribution is 0.278. The summed E-state index contributed by atoms with van der Waals surface area (Å²) in [6, 6.07) is 17.8. The van der Waals surface area contributed by atoms with E-state index < -0.39 is 14.6 Å². The zero-order valence-corrected chi connectivity index (χ0v) is 20.1. The molecule has 1 aliphatic carbocycles. The molecule has 1 aliphatic heterocycles. The normalized spacial score (nSPS) is 21.8. The van der Waals surface area contributed by atoms with Crippen LogP contribution in [0.25, 0.3) is 0 Å². The van der Waals surface area contributed by atoms with E-state index in [1.807, 2.05) is 20.8 Å². The Labute approximate surface area is 188 Å². The van der Waals surface area contributed by atoms with Gasteiger partial charge in [0.1, 0.15) is 0 Å². The predicted molar refractivity (Wildman–Crippen MR) is 131 cm³/mol. The molecular weight excluding hydrogens is 402 g/mol. The minimum absolute atomic E-state index is 0.350. The summed E-state index contributed by atoms with van der Waals surface area (Å²) in [5, 5.41) is 0. The maximum Gasteiger partial charge on any atom is 0.155 e. The van der Waals surface area contributed by atoms with Gasteiger partial charge in [0.15, 0.2) is 9.84 Å². The molecule has 4 heteroatoms. The van der Waals surface area contributed by atoms with Gasteiger partial charge in [0.25, 0.3) is 0 Å². The highest BCUT2D eigenvalue weighted by Gasteiger charge is 2.33. The summed E-state index contributed by atoms with van der Waals surface area (Å²) >= 11 is 0. The number of hydrogen-bond acceptors (Lipinski definition) is 3. The standard InChI is InChI=1S/C27H37NO2S/c1-27(2,3)31(29,30)20-23-12-10-21(11-13-23)8-9-22-14-16-25(17-15-22)28-19-18-24-6-4-5-7-26(24)28/h4-7,14-17,21,23H,8-13,18-20H2,1-3H3. The second-order valence-electron chi connectivity index (χ2n) is 10.5. The average molecular weight is 440 g/mol. The van der Waals surface area contributed by atoms with E-state index in [0.29, 0.717) is 11.7 Å². The van der Waals surface area contributed by atoms with E-state index >= 15 is 0 Å². The molecule has 2 aromatic carbocycles. The van der Waals surface area contributed by atoms with Crippen LogP contribution in [0.1, 0.15) is 64.0 Å². The second kappa shape index (κ2) is 8.97. The van der Waals surface area contributed by atoms with Gasteiger partial charge in [-0.25, -0.2) is 8.42 Å². The van der Waals surface area contributed by atoms with Crippen molar-refractivity contribution < 1.29 is 8.42 Å². The minimum Gasteiger partial charge on any atom is -0.341 e. The Morgan fingerprint density at radius 1 is 0.903 bits per heavy atom. The first-order valence-electron chi connectivity index (χ1n) is 11.9. The van der Waals surface area contributed by atoms with Gasteiger partial charge in [-0.15, -0.1) is 0 Å². The van der Waals surface area contributed by atoms with Crippen LogP contribution in [0, 0.1) is 11.8 Å². The third-order valence-corrected chi connectivity index (χ3v) is 10.1. The number of hydrogen-bond donors (Lipinski definition) is 0. The SMILES string of the molecule is CC(C)(C)S(=O)(=O)CC1CCC(CCc2ccc(N3CCc4ccccc43)cc2)CC1. The Morgan fingerprint density at radius 3 is 2.23 bits per heavy atom. The van der Waals surface area contributed by atoms with Crippen molar-refractivity contribution in [3.8, 4) is 0 Å². The van der Waals surface area contributed by atoms with Crippen LogP contribution in [-0.4, -0.2) is 25.5 Å². The van der Waals surface area contributed by atoms with E-state index in [1.165, 1.54) is 41.8 Å². The molecule has 0 saturated heterocycles. The molecule has 0 unspecified atom stereocenters. The van der Waals surface area contributed by atoms with Crippen molar-refractivity contribution >= 4 is 21.2 Å². The van der Waals surface area contributed by atoms with Gasteiger partial charge in [-0.3, -0.25) is 0 Å². The van der Waals surface area contributed by atoms with E-state index in [-0.39, 0.29) is 0 Å². The highest BCUT2D eigenvalue weighted by atomic mass is 32.2. The number of rotatable bonds is 6. The van der Waals surface area contributed by atoms with E-state index in [2.05, 4.69) is 53.4 Å². The molecule has 0 N–H and O–H groups in total. The number of aryl methyl sites for hydroxylation is 1. The van der Waals surface area contributed by atoms with Crippen LogP contribution in [0.4, 0.5) is 11.4 Å². The van der Waals surface area contributed by atoms with Crippen LogP contribution in [0.2, 0.25) is 0 Å². The molecule has 0 bridgehead atoms. The number of sulfone groups is 1. The summed E-state index contributed by atoms with van der Waals surface area (Å²) < 4.78 is 24.4. The molecule has 1 saturated carbocycles. The lowest BCUT2D eigenvalue weighted by Gasteiger charge is -2.30. The number of anilines is 2. The van der Waals surface area contributed by atoms with Crippen LogP contribution in [-0.2, 0) is 22.7 Å². The van der Waals surface area contributed by atoms with Crippen molar-refractivity contribution in [1.29, 1.82) is 0 Å². The molecule has 2 aromatic rings. The highest BCUT2D eigenvalue weighted by molar-refractivity contribution is 7.92. The quantitative estimate of drug-likeness (QED) is 0.527. The first kappa shape index (κ1) is 22.4. The summed E-state index contributed by atoms with van der Waals surface area (Å²) in [4.78, 5) is 2.42. The Morgan fingerprint density at radius 2 is 1.55 bits per heavy atom. The summed E-state index contributed by atoms with van der Waals surface area (Å²) in [5.41, 5.74) is 5.49. The largest absolute Gasteiger partial charge is 0.341 e. The Bertz CT molecular complexity index is 981. The summed E-state index contributed by atoms with van der Waals surface area (Å²) in [5.74, 6) is 1.45. The number of nitrogens with zero attached hydrogens (tertiary/aromatic N) is 1. The molecule has 2 aliphatic rings. The van der Waals surface area contributed by atoms with Gasteiger partial charge >= 0.3 is 0 Å². The fourth-order valence-electron chi connectivity index (χ4n) is 5.07. The van der Waals surface area contributed by atoms with Gasteiger partial charge in [-0.05, 0) is 94.0 Å². The van der Waals surface area contributed by atoms with Crippen molar-refractivity contribution in [3.63, 3.8) is 0 Å². The molecule has 1 heterocycles. The molecule has 0 spiro atoms. The van der Waals surface area contributed by atoms with E-state index in [0.717, 1.165) is 38.1 Å². The summed E-state index contributed by atoms with van der Waals surface area (Å²) in [6.07, 6.45) is 7.93. The zero-order chi connectivity index (χ0) is 22.1. The van der Waals surface area contributed by atoms with Crippen molar-refractivity contribution in [3.05, 3.63) is 59.7 Å². The number of benzene rings is 2. The lowest BCUT2D eigenvalue weighted by atomic mass is 9.80. The van der Waals surface area contributed by atoms with Crippen molar-refractivity contribution in [1.82, 2.24) is 0 Å². The molecule has 1 fully saturated rings. The van der Waals surface area contributed by atoms with Gasteiger partial charge in [-0.2, -0.15) is 0 Å². The molecule has 0 aromatic heterocycles. The summed E-state index contributed by atoms with van der Waals surface area (Å²) in [7, 11) is -3.00. The monoisotopic (exact) mass is 439 g/mol. The fourth-order valence-corrected chi connectivity index (χ4v) is 6.52. The van der Waals surface area contributed by atoms with E-state index in [9.17, 15) is 8.42 Å². The molecule has 0 amide bonds. The maximum absolute atomic E-state index is 12.5. The summed E-state index contributed by atoms with van der Waals surface area (Å²) in [6.45, 7) is 6.53. The number of para-hydroxylation sites is 1.